The van der Waals surface area contributed by atoms with Crippen LogP contribution in [0, 0.1) is 11.5 Å². The summed E-state index contributed by atoms with van der Waals surface area (Å²) >= 11 is 0. The van der Waals surface area contributed by atoms with Gasteiger partial charge in [-0.15, -0.1) is 0 Å². The van der Waals surface area contributed by atoms with Gasteiger partial charge in [0.05, 0.1) is 0 Å². The van der Waals surface area contributed by atoms with Crippen molar-refractivity contribution in [3.63, 3.8) is 0 Å². The van der Waals surface area contributed by atoms with Gasteiger partial charge in [0.2, 0.25) is 5.95 Å². The third-order valence-corrected chi connectivity index (χ3v) is 1.48. The predicted octanol–water partition coefficient (Wildman–Crippen LogP) is 0.615. The van der Waals surface area contributed by atoms with Crippen molar-refractivity contribution >= 4 is 5.95 Å². The maximum Gasteiger partial charge on any atom is 0.252 e. The molecule has 0 spiro atoms. The van der Waals surface area contributed by atoms with E-state index in [9.17, 15) is 4.79 Å². The van der Waals surface area contributed by atoms with Crippen LogP contribution in [0.2, 0.25) is 0 Å². The Kier molecular flexibility index (Phi) is 3.03. The summed E-state index contributed by atoms with van der Waals surface area (Å²) in [5, 5.41) is 10.6. The van der Waals surface area contributed by atoms with Crippen molar-refractivity contribution in [1.29, 1.82) is 5.26 Å². The molecule has 0 aliphatic carbocycles. The van der Waals surface area contributed by atoms with Gasteiger partial charge in [-0.05, 0) is 6.42 Å². The number of aromatic nitrogens is 2. The van der Waals surface area contributed by atoms with Crippen molar-refractivity contribution in [2.45, 2.75) is 19.8 Å². The van der Waals surface area contributed by atoms with Gasteiger partial charge in [-0.2, -0.15) is 5.26 Å². The lowest BCUT2D eigenvalue weighted by Gasteiger charge is -1.99. The van der Waals surface area contributed by atoms with E-state index in [1.54, 1.807) is 6.19 Å². The molecule has 0 aromatic carbocycles. The van der Waals surface area contributed by atoms with Gasteiger partial charge >= 0.3 is 0 Å². The largest absolute Gasteiger partial charge is 0.292 e. The fourth-order valence-corrected chi connectivity index (χ4v) is 1.00. The van der Waals surface area contributed by atoms with E-state index in [0.29, 0.717) is 5.69 Å². The average Bonchev–Trinajstić information content (AvgIpc) is 2.04. The second-order valence-corrected chi connectivity index (χ2v) is 2.57. The topological polar surface area (TPSA) is 81.6 Å². The van der Waals surface area contributed by atoms with Crippen LogP contribution in [0.5, 0.6) is 0 Å². The summed E-state index contributed by atoms with van der Waals surface area (Å²) in [4.78, 5) is 17.4. The first-order valence-corrected chi connectivity index (χ1v) is 4.01. The van der Waals surface area contributed by atoms with Crippen molar-refractivity contribution in [2.24, 2.45) is 0 Å². The van der Waals surface area contributed by atoms with E-state index >= 15 is 0 Å². The lowest BCUT2D eigenvalue weighted by Crippen LogP contribution is -2.11. The van der Waals surface area contributed by atoms with Crippen LogP contribution >= 0.6 is 0 Å². The Bertz CT molecular complexity index is 376. The Balaban J connectivity index is 2.98. The molecule has 1 aromatic heterocycles. The number of aromatic amines is 1. The van der Waals surface area contributed by atoms with Crippen molar-refractivity contribution in [2.75, 3.05) is 5.32 Å². The van der Waals surface area contributed by atoms with Gasteiger partial charge in [0.25, 0.3) is 5.56 Å². The molecule has 13 heavy (non-hydrogen) atoms. The maximum absolute atomic E-state index is 11.0. The lowest BCUT2D eigenvalue weighted by atomic mass is 10.2. The molecule has 0 unspecified atom stereocenters. The highest BCUT2D eigenvalue weighted by Gasteiger charge is 1.98. The SMILES string of the molecule is CCCc1cc(=O)[nH]c(NC#N)n1. The van der Waals surface area contributed by atoms with E-state index in [2.05, 4.69) is 15.3 Å². The Morgan fingerprint density at radius 2 is 2.54 bits per heavy atom. The first-order valence-electron chi connectivity index (χ1n) is 4.01. The van der Waals surface area contributed by atoms with Gasteiger partial charge in [0.15, 0.2) is 6.19 Å². The summed E-state index contributed by atoms with van der Waals surface area (Å²) in [5.74, 6) is 0.207. The van der Waals surface area contributed by atoms with Crippen LogP contribution in [0.4, 0.5) is 5.95 Å². The number of nitrogens with one attached hydrogen (secondary N) is 2. The number of hydrogen-bond donors (Lipinski definition) is 2. The molecule has 0 atom stereocenters. The monoisotopic (exact) mass is 178 g/mol. The first kappa shape index (κ1) is 9.26. The van der Waals surface area contributed by atoms with E-state index in [4.69, 9.17) is 5.26 Å². The number of nitrogens with zero attached hydrogens (tertiary/aromatic N) is 2. The van der Waals surface area contributed by atoms with E-state index < -0.39 is 0 Å². The van der Waals surface area contributed by atoms with Gasteiger partial charge in [-0.3, -0.25) is 15.1 Å². The average molecular weight is 178 g/mol. The van der Waals surface area contributed by atoms with Crippen LogP contribution < -0.4 is 10.9 Å². The van der Waals surface area contributed by atoms with Crippen LogP contribution in [0.1, 0.15) is 19.0 Å². The highest BCUT2D eigenvalue weighted by atomic mass is 16.1. The molecule has 0 aliphatic rings. The summed E-state index contributed by atoms with van der Waals surface area (Å²) in [6, 6.07) is 1.44. The fraction of sp³-hybridized carbons (Fsp3) is 0.375. The number of nitriles is 1. The van der Waals surface area contributed by atoms with Crippen molar-refractivity contribution in [3.05, 3.63) is 22.1 Å². The molecule has 0 saturated carbocycles. The quantitative estimate of drug-likeness (QED) is 0.525. The predicted molar refractivity (Wildman–Crippen MR) is 48.1 cm³/mol. The minimum Gasteiger partial charge on any atom is -0.292 e. The molecule has 0 aliphatic heterocycles. The van der Waals surface area contributed by atoms with Crippen LogP contribution in [0.15, 0.2) is 10.9 Å². The zero-order valence-corrected chi connectivity index (χ0v) is 7.29. The molecule has 1 aromatic rings. The van der Waals surface area contributed by atoms with Crippen LogP contribution in [0.3, 0.4) is 0 Å². The highest BCUT2D eigenvalue weighted by molar-refractivity contribution is 5.29. The highest BCUT2D eigenvalue weighted by Crippen LogP contribution is 1.99. The molecule has 0 radical (unpaired) electrons. The minimum atomic E-state index is -0.240. The van der Waals surface area contributed by atoms with Gasteiger partial charge in [-0.25, -0.2) is 4.98 Å². The van der Waals surface area contributed by atoms with E-state index in [1.807, 2.05) is 6.92 Å². The van der Waals surface area contributed by atoms with E-state index in [-0.39, 0.29) is 11.5 Å². The zero-order chi connectivity index (χ0) is 9.68. The third-order valence-electron chi connectivity index (χ3n) is 1.48. The molecule has 0 amide bonds. The standard InChI is InChI=1S/C8H10N4O/c1-2-3-6-4-7(13)12-8(11-6)10-5-9/h4H,2-3H2,1H3,(H2,10,11,12,13). The molecule has 5 heteroatoms. The van der Waals surface area contributed by atoms with Crippen LogP contribution in [0.25, 0.3) is 0 Å². The minimum absolute atomic E-state index is 0.207. The third kappa shape index (κ3) is 2.60. The van der Waals surface area contributed by atoms with Gasteiger partial charge < -0.3 is 0 Å². The zero-order valence-electron chi connectivity index (χ0n) is 7.29. The molecule has 0 bridgehead atoms. The molecule has 0 fully saturated rings. The van der Waals surface area contributed by atoms with E-state index in [1.165, 1.54) is 6.07 Å². The Hall–Kier alpha value is -1.83. The van der Waals surface area contributed by atoms with Crippen LogP contribution in [-0.4, -0.2) is 9.97 Å². The summed E-state index contributed by atoms with van der Waals surface area (Å²) in [5.41, 5.74) is 0.459. The van der Waals surface area contributed by atoms with Crippen molar-refractivity contribution in [3.8, 4) is 6.19 Å². The van der Waals surface area contributed by atoms with Gasteiger partial charge in [-0.1, -0.05) is 13.3 Å². The molecular weight excluding hydrogens is 168 g/mol. The number of rotatable bonds is 3. The smallest absolute Gasteiger partial charge is 0.252 e. The van der Waals surface area contributed by atoms with Crippen molar-refractivity contribution in [1.82, 2.24) is 9.97 Å². The number of hydrogen-bond acceptors (Lipinski definition) is 4. The second-order valence-electron chi connectivity index (χ2n) is 2.57. The lowest BCUT2D eigenvalue weighted by molar-refractivity contribution is 0.870. The maximum atomic E-state index is 11.0. The summed E-state index contributed by atoms with van der Waals surface area (Å²) in [6.45, 7) is 2.00. The van der Waals surface area contributed by atoms with Gasteiger partial charge in [0.1, 0.15) is 0 Å². The Labute approximate surface area is 75.4 Å². The second kappa shape index (κ2) is 4.26. The summed E-state index contributed by atoms with van der Waals surface area (Å²) < 4.78 is 0. The first-order chi connectivity index (χ1) is 6.26. The number of aryl methyl sites for hydroxylation is 1. The normalized spacial score (nSPS) is 9.23. The molecule has 2 N–H and O–H groups in total. The molecule has 1 heterocycles. The summed E-state index contributed by atoms with van der Waals surface area (Å²) in [7, 11) is 0. The number of anilines is 1. The Morgan fingerprint density at radius 1 is 1.77 bits per heavy atom. The van der Waals surface area contributed by atoms with Gasteiger partial charge in [0, 0.05) is 11.8 Å². The summed E-state index contributed by atoms with van der Waals surface area (Å²) in [6.07, 6.45) is 3.36. The number of H-pyrrole nitrogens is 1. The van der Waals surface area contributed by atoms with Crippen LogP contribution in [-0.2, 0) is 6.42 Å². The fourth-order valence-electron chi connectivity index (χ4n) is 1.00. The van der Waals surface area contributed by atoms with Crippen molar-refractivity contribution < 1.29 is 0 Å². The molecule has 5 nitrogen and oxygen atoms in total. The molecule has 68 valence electrons. The van der Waals surface area contributed by atoms with E-state index in [0.717, 1.165) is 12.8 Å². The molecule has 1 rings (SSSR count). The molecular formula is C8H10N4O. The molecule has 0 saturated heterocycles. The Morgan fingerprint density at radius 3 is 3.15 bits per heavy atom.